The van der Waals surface area contributed by atoms with Gasteiger partial charge < -0.3 is 30.9 Å². The van der Waals surface area contributed by atoms with E-state index in [1.807, 2.05) is 42.5 Å². The fourth-order valence-corrected chi connectivity index (χ4v) is 11.9. The largest absolute Gasteiger partial charge is 0.691 e. The Morgan fingerprint density at radius 2 is 1.61 bits per heavy atom. The van der Waals surface area contributed by atoms with E-state index in [2.05, 4.69) is 71.0 Å². The van der Waals surface area contributed by atoms with Gasteiger partial charge in [-0.1, -0.05) is 42.5 Å². The van der Waals surface area contributed by atoms with Crippen molar-refractivity contribution >= 4 is 86.8 Å². The maximum absolute atomic E-state index is 13.6. The van der Waals surface area contributed by atoms with Crippen LogP contribution >= 0.6 is 24.1 Å². The normalized spacial score (nSPS) is 22.4. The lowest BCUT2D eigenvalue weighted by atomic mass is 9.77. The minimum atomic E-state index is -4.54. The Bertz CT molecular complexity index is 2750. The molecule has 0 aliphatic carbocycles. The molecule has 2 atom stereocenters. The van der Waals surface area contributed by atoms with Crippen molar-refractivity contribution in [3.63, 3.8) is 0 Å². The van der Waals surface area contributed by atoms with Gasteiger partial charge in [-0.3, -0.25) is 33.6 Å². The Morgan fingerprint density at radius 3 is 2.36 bits per heavy atom. The summed E-state index contributed by atoms with van der Waals surface area (Å²) < 4.78 is 46.8. The van der Waals surface area contributed by atoms with Crippen LogP contribution in [0.2, 0.25) is 0 Å². The maximum atomic E-state index is 13.6. The van der Waals surface area contributed by atoms with Crippen molar-refractivity contribution in [2.75, 3.05) is 36.8 Å². The molecule has 0 saturated carbocycles. The van der Waals surface area contributed by atoms with Crippen molar-refractivity contribution in [1.82, 2.24) is 21.0 Å². The zero-order valence-corrected chi connectivity index (χ0v) is 48.0. The summed E-state index contributed by atoms with van der Waals surface area (Å²) in [5, 5.41) is 36.2. The van der Waals surface area contributed by atoms with Crippen LogP contribution in [0.25, 0.3) is 0 Å². The van der Waals surface area contributed by atoms with Crippen LogP contribution in [0.4, 0.5) is 11.4 Å². The number of allylic oxidation sites excluding steroid dienone is 6. The molecule has 5 amide bonds. The number of fused-ring (bicyclic) bond motifs is 5. The number of hydrogen-bond donors (Lipinski definition) is 5. The third kappa shape index (κ3) is 17.8. The number of hydrogen-bond acceptors (Lipinski definition) is 18. The van der Waals surface area contributed by atoms with Gasteiger partial charge in [-0.15, -0.1) is 9.40 Å². The predicted molar refractivity (Wildman–Crippen MR) is 295 cm³/mol. The highest BCUT2D eigenvalue weighted by molar-refractivity contribution is 7.94. The first-order valence-corrected chi connectivity index (χ1v) is 30.4. The summed E-state index contributed by atoms with van der Waals surface area (Å²) >= 11 is 1.75. The summed E-state index contributed by atoms with van der Waals surface area (Å²) in [5.41, 5.74) is 4.16. The van der Waals surface area contributed by atoms with Gasteiger partial charge in [0.2, 0.25) is 23.4 Å². The number of amides is 5. The lowest BCUT2D eigenvalue weighted by Gasteiger charge is -2.30. The Hall–Kier alpha value is -5.48. The molecular weight excluding hydrogens is 1100 g/mol. The van der Waals surface area contributed by atoms with Gasteiger partial charge in [-0.2, -0.15) is 17.3 Å². The third-order valence-electron chi connectivity index (χ3n) is 14.8. The smallest absolute Gasteiger partial charge is 0.333 e. The number of nitrogens with zero attached hydrogens (tertiary/aromatic N) is 3. The molecule has 25 heteroatoms. The zero-order valence-electron chi connectivity index (χ0n) is 45.6. The van der Waals surface area contributed by atoms with Gasteiger partial charge in [0.25, 0.3) is 21.9 Å². The van der Waals surface area contributed by atoms with Crippen LogP contribution in [0.5, 0.6) is 0 Å². The summed E-state index contributed by atoms with van der Waals surface area (Å²) in [6.45, 7) is 8.06. The first kappa shape index (κ1) is 63.7. The lowest BCUT2D eigenvalue weighted by molar-refractivity contribution is -0.777. The van der Waals surface area contributed by atoms with E-state index in [0.29, 0.717) is 125 Å². The SMILES string of the molecule is CC1(C)C2=[N+](CCCCCC(=O)NC(C(=O)NCCCCCC(=O)ON3C(=O)CCC3=O)CCCCNC(=O)CCCCCC3(C)/C(=C/C=C/C=C/2)N(CCCSOOO)c2ccc(S(=O)(=O)O)cc23)c2ccc(SOO[O-])cc21. The van der Waals surface area contributed by atoms with Crippen LogP contribution in [-0.2, 0) is 73.3 Å². The number of hydroxylamine groups is 2. The van der Waals surface area contributed by atoms with E-state index in [-0.39, 0.29) is 54.7 Å². The zero-order chi connectivity index (χ0) is 57.7. The Kier molecular flexibility index (Phi) is 24.8. The first-order chi connectivity index (χ1) is 38.4. The predicted octanol–water partition coefficient (Wildman–Crippen LogP) is 7.35. The van der Waals surface area contributed by atoms with Crippen LogP contribution in [0.1, 0.15) is 154 Å². The third-order valence-corrected chi connectivity index (χ3v) is 16.8. The molecule has 438 valence electrons. The van der Waals surface area contributed by atoms with Gasteiger partial charge in [0.15, 0.2) is 5.71 Å². The molecule has 0 bridgehead atoms. The minimum absolute atomic E-state index is 0.00597. The van der Waals surface area contributed by atoms with Gasteiger partial charge >= 0.3 is 5.97 Å². The molecule has 1 fully saturated rings. The van der Waals surface area contributed by atoms with Gasteiger partial charge in [0, 0.05) is 115 Å². The van der Waals surface area contributed by atoms with Crippen molar-refractivity contribution in [2.45, 2.75) is 169 Å². The highest BCUT2D eigenvalue weighted by Gasteiger charge is 2.45. The molecule has 1 saturated heterocycles. The van der Waals surface area contributed by atoms with Crippen molar-refractivity contribution in [2.24, 2.45) is 0 Å². The van der Waals surface area contributed by atoms with Crippen LogP contribution in [0.15, 0.2) is 82.3 Å². The molecule has 0 spiro atoms. The Morgan fingerprint density at radius 1 is 0.850 bits per heavy atom. The van der Waals surface area contributed by atoms with E-state index in [0.717, 1.165) is 64.4 Å². The molecule has 0 radical (unpaired) electrons. The summed E-state index contributed by atoms with van der Waals surface area (Å²) in [5.74, 6) is -2.03. The van der Waals surface area contributed by atoms with E-state index in [1.165, 1.54) is 12.1 Å². The highest BCUT2D eigenvalue weighted by atomic mass is 32.2. The topological polar surface area (TPSA) is 292 Å². The van der Waals surface area contributed by atoms with E-state index in [9.17, 15) is 47.0 Å². The first-order valence-electron chi connectivity index (χ1n) is 27.3. The summed E-state index contributed by atoms with van der Waals surface area (Å²) in [6, 6.07) is 9.61. The van der Waals surface area contributed by atoms with Crippen LogP contribution in [0.3, 0.4) is 0 Å². The average Bonchev–Trinajstić information content (AvgIpc) is 4.07. The number of unbranched alkanes of at least 4 members (excludes halogenated alkanes) is 2. The summed E-state index contributed by atoms with van der Waals surface area (Å²) in [6.07, 6.45) is 18.4. The molecule has 2 aromatic rings. The van der Waals surface area contributed by atoms with Crippen LogP contribution in [-0.4, -0.2) is 107 Å². The van der Waals surface area contributed by atoms with E-state index >= 15 is 0 Å². The van der Waals surface area contributed by atoms with Crippen LogP contribution < -0.4 is 26.1 Å². The molecule has 4 aliphatic rings. The second-order valence-corrected chi connectivity index (χ2v) is 23.8. The van der Waals surface area contributed by atoms with Gasteiger partial charge in [0.1, 0.15) is 12.6 Å². The van der Waals surface area contributed by atoms with Gasteiger partial charge in [-0.05, 0) is 127 Å². The number of carbonyl (C=O) groups is 6. The quantitative estimate of drug-likeness (QED) is 0.0185. The van der Waals surface area contributed by atoms with Crippen molar-refractivity contribution in [3.05, 3.63) is 83.6 Å². The second kappa shape index (κ2) is 31.1. The molecule has 4 heterocycles. The Balaban J connectivity index is 1.20. The van der Waals surface area contributed by atoms with Crippen LogP contribution in [0, 0.1) is 0 Å². The van der Waals surface area contributed by atoms with Crippen molar-refractivity contribution in [1.29, 1.82) is 0 Å². The van der Waals surface area contributed by atoms with Crippen molar-refractivity contribution in [3.8, 4) is 0 Å². The molecule has 22 nitrogen and oxygen atoms in total. The fourth-order valence-electron chi connectivity index (χ4n) is 10.6. The van der Waals surface area contributed by atoms with Crippen molar-refractivity contribution < 1.29 is 80.4 Å². The molecule has 2 unspecified atom stereocenters. The average molecular weight is 1170 g/mol. The monoisotopic (exact) mass is 1170 g/mol. The number of nitrogens with one attached hydrogen (secondary N) is 3. The number of carbonyl (C=O) groups excluding carboxylic acids is 6. The standard InChI is InChI=1S/C55H74N6O16S3/c1-54(2)41-37-39(79-77-75-69)25-27-44(41)59-34-17-7-11-23-49(63)58-43(53(67)57-33-15-6-12-24-52(66)73-61-50(64)29-30-51(61)65)19-13-16-32-56-48(62)22-10-5-14-31-55(3)42-38-40(80(70,71)72)26-28-45(42)60(35-18-36-78-76-74-68)47(55)21-9-4-8-20-46(54)59/h4,8-9,20-21,25-28,37-38,43H,5-7,10-19,22-24,29-36H2,1-3H3,(H5-,56,57,58,62,63,67,68,69,70,71,72). The number of imide groups is 1. The number of benzene rings is 2. The molecule has 4 aliphatic heterocycles. The second-order valence-electron chi connectivity index (χ2n) is 20.8. The minimum Gasteiger partial charge on any atom is -0.691 e. The molecule has 5 N–H and O–H groups in total. The van der Waals surface area contributed by atoms with E-state index < -0.39 is 44.8 Å². The highest BCUT2D eigenvalue weighted by Crippen LogP contribution is 2.51. The summed E-state index contributed by atoms with van der Waals surface area (Å²) in [4.78, 5) is 83.4. The number of anilines is 1. The summed E-state index contributed by atoms with van der Waals surface area (Å²) in [7, 11) is -4.54. The number of rotatable bonds is 18. The van der Waals surface area contributed by atoms with E-state index in [4.69, 9.17) is 10.1 Å². The van der Waals surface area contributed by atoms with Gasteiger partial charge in [0.05, 0.1) is 22.4 Å². The maximum Gasteiger partial charge on any atom is 0.333 e. The van der Waals surface area contributed by atoms with Gasteiger partial charge in [-0.25, -0.2) is 10.1 Å². The molecular formula is C55H74N6O16S3. The lowest BCUT2D eigenvalue weighted by Crippen LogP contribution is -2.47. The fraction of sp³-hybridized carbons (Fsp3) is 0.545. The Labute approximate surface area is 475 Å². The van der Waals surface area contributed by atoms with E-state index in [1.54, 1.807) is 6.07 Å². The molecule has 80 heavy (non-hydrogen) atoms. The molecule has 6 rings (SSSR count). The molecule has 0 aromatic heterocycles. The molecule has 2 aromatic carbocycles.